The molecule has 0 aromatic heterocycles. The van der Waals surface area contributed by atoms with Crippen LogP contribution in [0.5, 0.6) is 0 Å². The van der Waals surface area contributed by atoms with Crippen LogP contribution in [-0.4, -0.2) is 36.0 Å². The summed E-state index contributed by atoms with van der Waals surface area (Å²) < 4.78 is 0. The average molecular weight is 268 g/mol. The number of nitrogens with zero attached hydrogens (tertiary/aromatic N) is 1. The smallest absolute Gasteiger partial charge is 0.228 e. The summed E-state index contributed by atoms with van der Waals surface area (Å²) in [6, 6.07) is 0.774. The summed E-state index contributed by atoms with van der Waals surface area (Å²) in [6.07, 6.45) is 1.14. The van der Waals surface area contributed by atoms with Crippen LogP contribution in [0.15, 0.2) is 0 Å². The van der Waals surface area contributed by atoms with Gasteiger partial charge in [-0.2, -0.15) is 0 Å². The highest BCUT2D eigenvalue weighted by Crippen LogP contribution is 2.25. The highest BCUT2D eigenvalue weighted by atomic mass is 16.2. The zero-order valence-electron chi connectivity index (χ0n) is 13.8. The van der Waals surface area contributed by atoms with Gasteiger partial charge in [0.2, 0.25) is 5.91 Å². The van der Waals surface area contributed by atoms with Crippen molar-refractivity contribution in [3.63, 3.8) is 0 Å². The molecule has 1 heterocycles. The molecule has 3 heteroatoms. The van der Waals surface area contributed by atoms with Gasteiger partial charge in [0, 0.05) is 30.6 Å². The van der Waals surface area contributed by atoms with Gasteiger partial charge in [0.15, 0.2) is 0 Å². The lowest BCUT2D eigenvalue weighted by Crippen LogP contribution is -2.61. The summed E-state index contributed by atoms with van der Waals surface area (Å²) in [7, 11) is 0. The highest BCUT2D eigenvalue weighted by molar-refractivity contribution is 5.82. The van der Waals surface area contributed by atoms with Crippen molar-refractivity contribution in [2.45, 2.75) is 67.0 Å². The van der Waals surface area contributed by atoms with Gasteiger partial charge in [-0.05, 0) is 18.3 Å². The van der Waals surface area contributed by atoms with E-state index >= 15 is 0 Å². The van der Waals surface area contributed by atoms with Gasteiger partial charge in [0.1, 0.15) is 0 Å². The third kappa shape index (κ3) is 4.48. The molecule has 2 unspecified atom stereocenters. The minimum absolute atomic E-state index is 0.285. The molecular weight excluding hydrogens is 236 g/mol. The van der Waals surface area contributed by atoms with Crippen molar-refractivity contribution in [1.82, 2.24) is 10.2 Å². The van der Waals surface area contributed by atoms with E-state index in [-0.39, 0.29) is 5.41 Å². The van der Waals surface area contributed by atoms with Gasteiger partial charge >= 0.3 is 0 Å². The lowest BCUT2D eigenvalue weighted by atomic mass is 9.89. The lowest BCUT2D eigenvalue weighted by Gasteiger charge is -2.45. The fourth-order valence-corrected chi connectivity index (χ4v) is 2.82. The predicted molar refractivity (Wildman–Crippen MR) is 81.0 cm³/mol. The molecule has 3 nitrogen and oxygen atoms in total. The molecule has 1 N–H and O–H groups in total. The van der Waals surface area contributed by atoms with Crippen LogP contribution in [0.1, 0.15) is 54.9 Å². The number of piperazine rings is 1. The maximum atomic E-state index is 12.7. The molecule has 1 aliphatic rings. The summed E-state index contributed by atoms with van der Waals surface area (Å²) >= 11 is 0. The SMILES string of the molecule is CC(C)CC1CN(C(=O)C(C)(C)C)C(C(C)C)CN1. The van der Waals surface area contributed by atoms with Crippen molar-refractivity contribution in [2.24, 2.45) is 17.3 Å². The van der Waals surface area contributed by atoms with Crippen molar-refractivity contribution >= 4 is 5.91 Å². The van der Waals surface area contributed by atoms with E-state index in [1.807, 2.05) is 20.8 Å². The van der Waals surface area contributed by atoms with Crippen LogP contribution in [0.3, 0.4) is 0 Å². The van der Waals surface area contributed by atoms with Gasteiger partial charge in [0.25, 0.3) is 0 Å². The highest BCUT2D eigenvalue weighted by Gasteiger charge is 2.37. The molecule has 1 rings (SSSR count). The largest absolute Gasteiger partial charge is 0.336 e. The number of carbonyl (C=O) groups excluding carboxylic acids is 1. The van der Waals surface area contributed by atoms with E-state index in [2.05, 4.69) is 37.9 Å². The first kappa shape index (κ1) is 16.5. The number of amides is 1. The topological polar surface area (TPSA) is 32.3 Å². The zero-order valence-corrected chi connectivity index (χ0v) is 13.8. The number of rotatable bonds is 3. The second-order valence-corrected chi connectivity index (χ2v) is 7.75. The summed E-state index contributed by atoms with van der Waals surface area (Å²) in [5.41, 5.74) is -0.285. The van der Waals surface area contributed by atoms with Crippen LogP contribution in [0.2, 0.25) is 0 Å². The molecule has 1 amide bonds. The third-order valence-corrected chi connectivity index (χ3v) is 3.86. The standard InChI is InChI=1S/C16H32N2O/c1-11(2)8-13-10-18(15(19)16(5,6)7)14(9-17-13)12(3)4/h11-14,17H,8-10H2,1-7H3. The van der Waals surface area contributed by atoms with Crippen LogP contribution < -0.4 is 5.32 Å². The molecular formula is C16H32N2O. The van der Waals surface area contributed by atoms with Gasteiger partial charge < -0.3 is 10.2 Å². The van der Waals surface area contributed by atoms with Crippen LogP contribution in [-0.2, 0) is 4.79 Å². The molecule has 0 radical (unpaired) electrons. The van der Waals surface area contributed by atoms with Gasteiger partial charge in [0.05, 0.1) is 0 Å². The fourth-order valence-electron chi connectivity index (χ4n) is 2.82. The van der Waals surface area contributed by atoms with Crippen molar-refractivity contribution in [1.29, 1.82) is 0 Å². The molecule has 19 heavy (non-hydrogen) atoms. The number of hydrogen-bond donors (Lipinski definition) is 1. The van der Waals surface area contributed by atoms with E-state index < -0.39 is 0 Å². The maximum absolute atomic E-state index is 12.7. The first-order valence-corrected chi connectivity index (χ1v) is 7.67. The van der Waals surface area contributed by atoms with Crippen LogP contribution >= 0.6 is 0 Å². The Morgan fingerprint density at radius 3 is 2.26 bits per heavy atom. The second kappa shape index (κ2) is 6.25. The Balaban J connectivity index is 2.82. The zero-order chi connectivity index (χ0) is 14.8. The first-order chi connectivity index (χ1) is 8.62. The minimum Gasteiger partial charge on any atom is -0.336 e. The predicted octanol–water partition coefficient (Wildman–Crippen LogP) is 2.90. The van der Waals surface area contributed by atoms with Crippen molar-refractivity contribution < 1.29 is 4.79 Å². The monoisotopic (exact) mass is 268 g/mol. The van der Waals surface area contributed by atoms with Gasteiger partial charge in [-0.15, -0.1) is 0 Å². The van der Waals surface area contributed by atoms with Gasteiger partial charge in [-0.3, -0.25) is 4.79 Å². The Morgan fingerprint density at radius 2 is 1.84 bits per heavy atom. The van der Waals surface area contributed by atoms with Crippen molar-refractivity contribution in [3.05, 3.63) is 0 Å². The second-order valence-electron chi connectivity index (χ2n) is 7.75. The summed E-state index contributed by atoms with van der Waals surface area (Å²) in [5, 5.41) is 3.62. The normalized spacial score (nSPS) is 25.2. The molecule has 112 valence electrons. The van der Waals surface area contributed by atoms with E-state index in [1.54, 1.807) is 0 Å². The fraction of sp³-hybridized carbons (Fsp3) is 0.938. The maximum Gasteiger partial charge on any atom is 0.228 e. The molecule has 1 saturated heterocycles. The Hall–Kier alpha value is -0.570. The number of carbonyl (C=O) groups is 1. The van der Waals surface area contributed by atoms with Crippen LogP contribution in [0, 0.1) is 17.3 Å². The lowest BCUT2D eigenvalue weighted by molar-refractivity contribution is -0.145. The average Bonchev–Trinajstić information content (AvgIpc) is 2.25. The Morgan fingerprint density at radius 1 is 1.26 bits per heavy atom. The molecule has 0 saturated carbocycles. The molecule has 1 aliphatic heterocycles. The van der Waals surface area contributed by atoms with Crippen LogP contribution in [0.4, 0.5) is 0 Å². The molecule has 1 fully saturated rings. The van der Waals surface area contributed by atoms with Gasteiger partial charge in [-0.25, -0.2) is 0 Å². The van der Waals surface area contributed by atoms with E-state index in [0.717, 1.165) is 19.5 Å². The van der Waals surface area contributed by atoms with E-state index in [0.29, 0.717) is 29.8 Å². The minimum atomic E-state index is -0.285. The first-order valence-electron chi connectivity index (χ1n) is 7.67. The summed E-state index contributed by atoms with van der Waals surface area (Å²) in [6.45, 7) is 16.7. The van der Waals surface area contributed by atoms with Gasteiger partial charge in [-0.1, -0.05) is 48.5 Å². The van der Waals surface area contributed by atoms with E-state index in [4.69, 9.17) is 0 Å². The third-order valence-electron chi connectivity index (χ3n) is 3.86. The Bertz CT molecular complexity index is 304. The molecule has 0 bridgehead atoms. The molecule has 0 aromatic carbocycles. The molecule has 0 spiro atoms. The van der Waals surface area contributed by atoms with Crippen molar-refractivity contribution in [2.75, 3.05) is 13.1 Å². The van der Waals surface area contributed by atoms with Crippen molar-refractivity contribution in [3.8, 4) is 0 Å². The Kier molecular flexibility index (Phi) is 5.43. The van der Waals surface area contributed by atoms with Crippen LogP contribution in [0.25, 0.3) is 0 Å². The molecule has 0 aliphatic carbocycles. The quantitative estimate of drug-likeness (QED) is 0.853. The Labute approximate surface area is 119 Å². The summed E-state index contributed by atoms with van der Waals surface area (Å²) in [5.74, 6) is 1.46. The number of nitrogens with one attached hydrogen (secondary N) is 1. The van der Waals surface area contributed by atoms with E-state index in [9.17, 15) is 4.79 Å². The number of hydrogen-bond acceptors (Lipinski definition) is 2. The molecule has 0 aromatic rings. The molecule has 2 atom stereocenters. The summed E-state index contributed by atoms with van der Waals surface area (Å²) in [4.78, 5) is 14.8. The van der Waals surface area contributed by atoms with E-state index in [1.165, 1.54) is 0 Å².